The highest BCUT2D eigenvalue weighted by Gasteiger charge is 2.67. The van der Waals surface area contributed by atoms with Crippen molar-refractivity contribution in [3.05, 3.63) is 59.2 Å². The first-order chi connectivity index (χ1) is 15.6. The van der Waals surface area contributed by atoms with E-state index in [-0.39, 0.29) is 0 Å². The molecule has 0 amide bonds. The molecule has 2 aromatic heterocycles. The summed E-state index contributed by atoms with van der Waals surface area (Å²) in [5.41, 5.74) is 4.79. The van der Waals surface area contributed by atoms with E-state index in [1.165, 1.54) is 72.7 Å². The third kappa shape index (κ3) is 3.49. The molecule has 0 radical (unpaired) electrons. The summed E-state index contributed by atoms with van der Waals surface area (Å²) in [7, 11) is 0. The zero-order valence-corrected chi connectivity index (χ0v) is 21.7. The molecule has 2 unspecified atom stereocenters. The second kappa shape index (κ2) is 8.40. The molecular formula is C24H32Br2N6+2. The second-order valence-corrected chi connectivity index (χ2v) is 11.2. The van der Waals surface area contributed by atoms with Crippen molar-refractivity contribution in [3.8, 4) is 0 Å². The van der Waals surface area contributed by atoms with E-state index in [4.69, 9.17) is 9.97 Å². The van der Waals surface area contributed by atoms with Gasteiger partial charge in [-0.2, -0.15) is 0 Å². The third-order valence-corrected chi connectivity index (χ3v) is 9.57. The summed E-state index contributed by atoms with van der Waals surface area (Å²) in [6.45, 7) is 12.0. The standard InChI is InChI=1S/C24H32Br2N6/c25-15-19-3-1-5-21(27-19)17-31-11-7-29-10-14-32(18-22-6-2-4-20(16-26)28-22)12-8-30(9-13-31)24(32)23(29)31/h1-6,23-24H,7-18H2/q+2. The molecule has 0 aromatic carbocycles. The molecule has 6 rings (SSSR count). The van der Waals surface area contributed by atoms with Crippen LogP contribution in [0.5, 0.6) is 0 Å². The molecule has 4 aliphatic heterocycles. The Labute approximate surface area is 207 Å². The Bertz CT molecular complexity index is 924. The molecule has 0 saturated carbocycles. The van der Waals surface area contributed by atoms with E-state index >= 15 is 0 Å². The number of piperazine rings is 2. The van der Waals surface area contributed by atoms with Gasteiger partial charge in [-0.3, -0.25) is 18.9 Å². The highest BCUT2D eigenvalue weighted by molar-refractivity contribution is 9.08. The first-order valence-electron chi connectivity index (χ1n) is 11.9. The number of rotatable bonds is 6. The number of hydrogen-bond donors (Lipinski definition) is 0. The summed E-state index contributed by atoms with van der Waals surface area (Å²) < 4.78 is 2.38. The molecule has 4 aliphatic rings. The molecule has 8 heteroatoms. The van der Waals surface area contributed by atoms with E-state index in [0.29, 0.717) is 12.3 Å². The predicted molar refractivity (Wildman–Crippen MR) is 132 cm³/mol. The molecule has 0 N–H and O–H groups in total. The van der Waals surface area contributed by atoms with Crippen LogP contribution >= 0.6 is 31.9 Å². The predicted octanol–water partition coefficient (Wildman–Crippen LogP) is 2.91. The van der Waals surface area contributed by atoms with Crippen LogP contribution in [-0.2, 0) is 23.7 Å². The number of alkyl halides is 2. The second-order valence-electron chi connectivity index (χ2n) is 10.1. The van der Waals surface area contributed by atoms with Crippen molar-refractivity contribution in [3.63, 3.8) is 0 Å². The minimum atomic E-state index is 0.578. The maximum absolute atomic E-state index is 4.98. The fourth-order valence-corrected chi connectivity index (χ4v) is 7.61. The molecule has 170 valence electrons. The first-order valence-corrected chi connectivity index (χ1v) is 14.1. The summed E-state index contributed by atoms with van der Waals surface area (Å²) in [5, 5.41) is 1.65. The topological polar surface area (TPSA) is 32.3 Å². The van der Waals surface area contributed by atoms with E-state index in [1.54, 1.807) is 0 Å². The van der Waals surface area contributed by atoms with Gasteiger partial charge >= 0.3 is 0 Å². The van der Waals surface area contributed by atoms with Crippen molar-refractivity contribution in [2.75, 3.05) is 52.4 Å². The first kappa shape index (κ1) is 21.6. The molecule has 0 spiro atoms. The Morgan fingerprint density at radius 1 is 0.656 bits per heavy atom. The van der Waals surface area contributed by atoms with E-state index in [2.05, 4.69) is 78.1 Å². The van der Waals surface area contributed by atoms with E-state index in [0.717, 1.165) is 35.1 Å². The van der Waals surface area contributed by atoms with Gasteiger partial charge in [0.2, 0.25) is 12.3 Å². The highest BCUT2D eigenvalue weighted by atomic mass is 79.9. The summed E-state index contributed by atoms with van der Waals surface area (Å²) >= 11 is 7.18. The largest absolute Gasteiger partial charge is 0.295 e. The van der Waals surface area contributed by atoms with Crippen LogP contribution in [0.2, 0.25) is 0 Å². The van der Waals surface area contributed by atoms with Crippen LogP contribution in [0.15, 0.2) is 36.4 Å². The lowest BCUT2D eigenvalue weighted by Crippen LogP contribution is -2.77. The van der Waals surface area contributed by atoms with Crippen LogP contribution < -0.4 is 0 Å². The van der Waals surface area contributed by atoms with Crippen molar-refractivity contribution < 1.29 is 8.97 Å². The lowest BCUT2D eigenvalue weighted by atomic mass is 10.0. The van der Waals surface area contributed by atoms with Gasteiger partial charge in [0, 0.05) is 10.7 Å². The Balaban J connectivity index is 1.34. The van der Waals surface area contributed by atoms with Crippen LogP contribution in [0.4, 0.5) is 0 Å². The molecule has 32 heavy (non-hydrogen) atoms. The SMILES string of the molecule is BrCc1cccc(C[N+]23CCN4CC[N+]5(Cc6cccc(CBr)n6)CCN(CC2)C5C43)n1. The smallest absolute Gasteiger partial charge is 0.214 e. The maximum atomic E-state index is 4.98. The molecule has 6 nitrogen and oxygen atoms in total. The highest BCUT2D eigenvalue weighted by Crippen LogP contribution is 2.44. The Morgan fingerprint density at radius 2 is 1.03 bits per heavy atom. The lowest BCUT2D eigenvalue weighted by molar-refractivity contribution is -1.04. The maximum Gasteiger partial charge on any atom is 0.214 e. The third-order valence-electron chi connectivity index (χ3n) is 8.42. The molecule has 0 bridgehead atoms. The van der Waals surface area contributed by atoms with Gasteiger partial charge in [0.1, 0.15) is 13.1 Å². The monoisotopic (exact) mass is 562 g/mol. The van der Waals surface area contributed by atoms with Gasteiger partial charge in [-0.25, -0.2) is 9.80 Å². The van der Waals surface area contributed by atoms with Gasteiger partial charge in [-0.05, 0) is 24.3 Å². The van der Waals surface area contributed by atoms with Crippen molar-refractivity contribution in [1.29, 1.82) is 0 Å². The molecule has 6 heterocycles. The Morgan fingerprint density at radius 3 is 1.41 bits per heavy atom. The summed E-state index contributed by atoms with van der Waals surface area (Å²) in [6.07, 6.45) is 1.16. The summed E-state index contributed by atoms with van der Waals surface area (Å²) in [5.74, 6) is 0. The van der Waals surface area contributed by atoms with Crippen LogP contribution in [0, 0.1) is 0 Å². The Kier molecular flexibility index (Phi) is 5.67. The number of aromatic nitrogens is 2. The minimum Gasteiger partial charge on any atom is -0.295 e. The van der Waals surface area contributed by atoms with Crippen molar-refractivity contribution in [2.24, 2.45) is 0 Å². The molecule has 4 saturated heterocycles. The zero-order valence-electron chi connectivity index (χ0n) is 18.5. The number of nitrogens with zero attached hydrogens (tertiary/aromatic N) is 6. The number of quaternary nitrogens is 2. The molecule has 0 aliphatic carbocycles. The minimum absolute atomic E-state index is 0.578. The molecule has 2 atom stereocenters. The van der Waals surface area contributed by atoms with Gasteiger partial charge in [-0.1, -0.05) is 44.0 Å². The van der Waals surface area contributed by atoms with Gasteiger partial charge < -0.3 is 0 Å². The van der Waals surface area contributed by atoms with Gasteiger partial charge in [0.15, 0.2) is 0 Å². The number of halogens is 2. The molecule has 4 fully saturated rings. The van der Waals surface area contributed by atoms with Crippen molar-refractivity contribution in [2.45, 2.75) is 36.1 Å². The van der Waals surface area contributed by atoms with Gasteiger partial charge in [-0.15, -0.1) is 0 Å². The van der Waals surface area contributed by atoms with E-state index in [9.17, 15) is 0 Å². The van der Waals surface area contributed by atoms with Crippen LogP contribution in [0.3, 0.4) is 0 Å². The molecular weight excluding hydrogens is 532 g/mol. The Hall–Kier alpha value is -0.900. The van der Waals surface area contributed by atoms with E-state index < -0.39 is 0 Å². The normalized spacial score (nSPS) is 34.1. The zero-order chi connectivity index (χ0) is 21.8. The van der Waals surface area contributed by atoms with Crippen molar-refractivity contribution >= 4 is 31.9 Å². The number of hydrogen-bond acceptors (Lipinski definition) is 4. The average Bonchev–Trinajstić information content (AvgIpc) is 3.37. The van der Waals surface area contributed by atoms with E-state index in [1.807, 2.05) is 0 Å². The average molecular weight is 564 g/mol. The fraction of sp³-hybridized carbons (Fsp3) is 0.583. The van der Waals surface area contributed by atoms with Gasteiger partial charge in [0.05, 0.1) is 75.1 Å². The summed E-state index contributed by atoms with van der Waals surface area (Å²) in [4.78, 5) is 15.6. The molecule has 2 aromatic rings. The number of pyridine rings is 2. The van der Waals surface area contributed by atoms with Crippen LogP contribution in [0.25, 0.3) is 0 Å². The lowest BCUT2D eigenvalue weighted by Gasteiger charge is -2.56. The van der Waals surface area contributed by atoms with Gasteiger partial charge in [0.25, 0.3) is 0 Å². The quantitative estimate of drug-likeness (QED) is 0.400. The van der Waals surface area contributed by atoms with Crippen molar-refractivity contribution in [1.82, 2.24) is 19.8 Å². The van der Waals surface area contributed by atoms with Crippen LogP contribution in [0.1, 0.15) is 22.8 Å². The fourth-order valence-electron chi connectivity index (χ4n) is 6.98. The summed E-state index contributed by atoms with van der Waals surface area (Å²) in [6, 6.07) is 13.1. The van der Waals surface area contributed by atoms with Crippen LogP contribution in [-0.4, -0.2) is 93.4 Å².